The van der Waals surface area contributed by atoms with Crippen LogP contribution in [0.5, 0.6) is 5.75 Å². The summed E-state index contributed by atoms with van der Waals surface area (Å²) in [5.74, 6) is 0.0651. The summed E-state index contributed by atoms with van der Waals surface area (Å²) in [6.45, 7) is 4.20. The molecule has 0 aromatic heterocycles. The molecule has 0 fully saturated rings. The SMILES string of the molecule is COCCNCc1cc(OCC(C)C(N)=O)ccc1Br. The van der Waals surface area contributed by atoms with E-state index in [-0.39, 0.29) is 18.4 Å². The average molecular weight is 345 g/mol. The van der Waals surface area contributed by atoms with Gasteiger partial charge in [-0.2, -0.15) is 0 Å². The molecule has 0 heterocycles. The van der Waals surface area contributed by atoms with Crippen LogP contribution in [0.15, 0.2) is 22.7 Å². The Morgan fingerprint density at radius 3 is 2.90 bits per heavy atom. The summed E-state index contributed by atoms with van der Waals surface area (Å²) in [7, 11) is 1.67. The van der Waals surface area contributed by atoms with E-state index in [1.54, 1.807) is 14.0 Å². The molecular formula is C14H21BrN2O3. The van der Waals surface area contributed by atoms with Gasteiger partial charge in [-0.3, -0.25) is 4.79 Å². The molecule has 112 valence electrons. The van der Waals surface area contributed by atoms with Crippen molar-refractivity contribution in [1.82, 2.24) is 5.32 Å². The van der Waals surface area contributed by atoms with Gasteiger partial charge in [-0.05, 0) is 23.8 Å². The predicted molar refractivity (Wildman–Crippen MR) is 81.6 cm³/mol. The zero-order valence-corrected chi connectivity index (χ0v) is 13.4. The number of hydrogen-bond acceptors (Lipinski definition) is 4. The maximum Gasteiger partial charge on any atom is 0.223 e. The number of amides is 1. The van der Waals surface area contributed by atoms with Crippen LogP contribution in [-0.4, -0.2) is 32.8 Å². The van der Waals surface area contributed by atoms with Crippen LogP contribution in [0.3, 0.4) is 0 Å². The molecule has 1 aromatic carbocycles. The maximum atomic E-state index is 11.0. The van der Waals surface area contributed by atoms with Crippen LogP contribution in [0.1, 0.15) is 12.5 Å². The number of rotatable bonds is 9. The molecule has 0 aliphatic heterocycles. The molecule has 0 spiro atoms. The number of nitrogens with one attached hydrogen (secondary N) is 1. The number of primary amides is 1. The van der Waals surface area contributed by atoms with Gasteiger partial charge in [0.1, 0.15) is 5.75 Å². The van der Waals surface area contributed by atoms with Crippen molar-refractivity contribution in [3.8, 4) is 5.75 Å². The number of carbonyl (C=O) groups is 1. The largest absolute Gasteiger partial charge is 0.493 e. The molecule has 20 heavy (non-hydrogen) atoms. The van der Waals surface area contributed by atoms with Crippen molar-refractivity contribution in [2.45, 2.75) is 13.5 Å². The first-order chi connectivity index (χ1) is 9.54. The third-order valence-corrected chi connectivity index (χ3v) is 3.57. The van der Waals surface area contributed by atoms with Crippen molar-refractivity contribution in [3.63, 3.8) is 0 Å². The number of ether oxygens (including phenoxy) is 2. The van der Waals surface area contributed by atoms with Gasteiger partial charge in [-0.1, -0.05) is 22.9 Å². The summed E-state index contributed by atoms with van der Waals surface area (Å²) in [5.41, 5.74) is 6.29. The minimum atomic E-state index is -0.358. The van der Waals surface area contributed by atoms with Crippen LogP contribution in [-0.2, 0) is 16.1 Å². The molecule has 1 amide bonds. The van der Waals surface area contributed by atoms with Gasteiger partial charge in [0.05, 0.1) is 19.1 Å². The first-order valence-corrected chi connectivity index (χ1v) is 7.24. The molecule has 1 unspecified atom stereocenters. The van der Waals surface area contributed by atoms with E-state index in [1.807, 2.05) is 18.2 Å². The highest BCUT2D eigenvalue weighted by molar-refractivity contribution is 9.10. The lowest BCUT2D eigenvalue weighted by Crippen LogP contribution is -2.25. The quantitative estimate of drug-likeness (QED) is 0.668. The van der Waals surface area contributed by atoms with Crippen molar-refractivity contribution < 1.29 is 14.3 Å². The molecule has 0 aliphatic carbocycles. The third-order valence-electron chi connectivity index (χ3n) is 2.80. The van der Waals surface area contributed by atoms with Crippen LogP contribution in [0, 0.1) is 5.92 Å². The highest BCUT2D eigenvalue weighted by Crippen LogP contribution is 2.23. The monoisotopic (exact) mass is 344 g/mol. The fourth-order valence-corrected chi connectivity index (χ4v) is 1.86. The normalized spacial score (nSPS) is 12.2. The van der Waals surface area contributed by atoms with Crippen LogP contribution >= 0.6 is 15.9 Å². The summed E-state index contributed by atoms with van der Waals surface area (Å²) in [5, 5.41) is 3.27. The fourth-order valence-electron chi connectivity index (χ4n) is 1.48. The van der Waals surface area contributed by atoms with E-state index >= 15 is 0 Å². The van der Waals surface area contributed by atoms with Crippen LogP contribution < -0.4 is 15.8 Å². The fraction of sp³-hybridized carbons (Fsp3) is 0.500. The summed E-state index contributed by atoms with van der Waals surface area (Å²) in [6.07, 6.45) is 0. The van der Waals surface area contributed by atoms with E-state index in [0.717, 1.165) is 22.3 Å². The van der Waals surface area contributed by atoms with Gasteiger partial charge >= 0.3 is 0 Å². The summed E-state index contributed by atoms with van der Waals surface area (Å²) in [6, 6.07) is 5.73. The van der Waals surface area contributed by atoms with Gasteiger partial charge in [-0.15, -0.1) is 0 Å². The van der Waals surface area contributed by atoms with Crippen LogP contribution in [0.4, 0.5) is 0 Å². The minimum absolute atomic E-state index is 0.285. The van der Waals surface area contributed by atoms with Crippen molar-refractivity contribution in [2.75, 3.05) is 26.9 Å². The van der Waals surface area contributed by atoms with E-state index in [2.05, 4.69) is 21.2 Å². The minimum Gasteiger partial charge on any atom is -0.493 e. The molecule has 0 bridgehead atoms. The molecule has 0 aliphatic rings. The van der Waals surface area contributed by atoms with E-state index in [0.29, 0.717) is 13.2 Å². The topological polar surface area (TPSA) is 73.6 Å². The van der Waals surface area contributed by atoms with Gasteiger partial charge in [0.15, 0.2) is 0 Å². The predicted octanol–water partition coefficient (Wildman–Crippen LogP) is 1.69. The lowest BCUT2D eigenvalue weighted by molar-refractivity contribution is -0.122. The lowest BCUT2D eigenvalue weighted by atomic mass is 10.2. The number of benzene rings is 1. The molecule has 1 aromatic rings. The Bertz CT molecular complexity index is 440. The third kappa shape index (κ3) is 5.90. The molecule has 1 atom stereocenters. The Hall–Kier alpha value is -1.11. The smallest absolute Gasteiger partial charge is 0.223 e. The van der Waals surface area contributed by atoms with Gasteiger partial charge in [0.25, 0.3) is 0 Å². The Morgan fingerprint density at radius 2 is 2.25 bits per heavy atom. The van der Waals surface area contributed by atoms with Crippen LogP contribution in [0.25, 0.3) is 0 Å². The van der Waals surface area contributed by atoms with E-state index in [4.69, 9.17) is 15.2 Å². The molecular weight excluding hydrogens is 324 g/mol. The van der Waals surface area contributed by atoms with Crippen molar-refractivity contribution in [3.05, 3.63) is 28.2 Å². The van der Waals surface area contributed by atoms with E-state index in [9.17, 15) is 4.79 Å². The average Bonchev–Trinajstić information content (AvgIpc) is 2.43. The lowest BCUT2D eigenvalue weighted by Gasteiger charge is -2.12. The summed E-state index contributed by atoms with van der Waals surface area (Å²) in [4.78, 5) is 11.0. The highest BCUT2D eigenvalue weighted by atomic mass is 79.9. The van der Waals surface area contributed by atoms with Crippen molar-refractivity contribution in [2.24, 2.45) is 11.7 Å². The van der Waals surface area contributed by atoms with Gasteiger partial charge in [-0.25, -0.2) is 0 Å². The number of methoxy groups -OCH3 is 1. The van der Waals surface area contributed by atoms with Crippen LogP contribution in [0.2, 0.25) is 0 Å². The Kier molecular flexibility index (Phi) is 7.58. The molecule has 1 rings (SSSR count). The summed E-state index contributed by atoms with van der Waals surface area (Å²) >= 11 is 3.50. The van der Waals surface area contributed by atoms with E-state index in [1.165, 1.54) is 0 Å². The molecule has 3 N–H and O–H groups in total. The summed E-state index contributed by atoms with van der Waals surface area (Å²) < 4.78 is 11.6. The van der Waals surface area contributed by atoms with Crippen molar-refractivity contribution in [1.29, 1.82) is 0 Å². The van der Waals surface area contributed by atoms with Crippen molar-refractivity contribution >= 4 is 21.8 Å². The number of hydrogen-bond donors (Lipinski definition) is 2. The number of carbonyl (C=O) groups excluding carboxylic acids is 1. The standard InChI is InChI=1S/C14H21BrN2O3/c1-10(14(16)18)9-20-12-3-4-13(15)11(7-12)8-17-5-6-19-2/h3-4,7,10,17H,5-6,8-9H2,1-2H3,(H2,16,18). The van der Waals surface area contributed by atoms with Gasteiger partial charge in [0, 0.05) is 24.7 Å². The van der Waals surface area contributed by atoms with E-state index < -0.39 is 0 Å². The Labute approximate surface area is 127 Å². The second kappa shape index (κ2) is 8.94. The van der Waals surface area contributed by atoms with Gasteiger partial charge < -0.3 is 20.5 Å². The molecule has 0 radical (unpaired) electrons. The second-order valence-electron chi connectivity index (χ2n) is 4.54. The zero-order valence-electron chi connectivity index (χ0n) is 11.8. The molecule has 5 nitrogen and oxygen atoms in total. The number of halogens is 1. The zero-order chi connectivity index (χ0) is 15.0. The molecule has 6 heteroatoms. The first kappa shape index (κ1) is 16.9. The second-order valence-corrected chi connectivity index (χ2v) is 5.39. The Morgan fingerprint density at radius 1 is 1.50 bits per heavy atom. The molecule has 0 saturated carbocycles. The van der Waals surface area contributed by atoms with Gasteiger partial charge in [0.2, 0.25) is 5.91 Å². The highest BCUT2D eigenvalue weighted by Gasteiger charge is 2.10. The Balaban J connectivity index is 2.54. The molecule has 0 saturated heterocycles. The maximum absolute atomic E-state index is 11.0. The number of nitrogens with two attached hydrogens (primary N) is 1. The first-order valence-electron chi connectivity index (χ1n) is 6.44.